The summed E-state index contributed by atoms with van der Waals surface area (Å²) >= 11 is 0. The molecule has 1 aliphatic rings. The zero-order valence-corrected chi connectivity index (χ0v) is 9.27. The summed E-state index contributed by atoms with van der Waals surface area (Å²) in [5.74, 6) is 0.871. The summed E-state index contributed by atoms with van der Waals surface area (Å²) in [5, 5.41) is 3.64. The van der Waals surface area contributed by atoms with Gasteiger partial charge in [0.25, 0.3) is 0 Å². The second kappa shape index (κ2) is 4.80. The molecule has 0 saturated heterocycles. The van der Waals surface area contributed by atoms with Crippen molar-refractivity contribution in [2.24, 2.45) is 5.92 Å². The molecular weight excluding hydrogens is 158 g/mol. The largest absolute Gasteiger partial charge is 0.312 e. The molecule has 0 fully saturated rings. The maximum Gasteiger partial charge on any atom is 0.0122 e. The quantitative estimate of drug-likeness (QED) is 0.657. The molecule has 0 amide bonds. The third kappa shape index (κ3) is 3.95. The van der Waals surface area contributed by atoms with Crippen molar-refractivity contribution in [2.75, 3.05) is 6.54 Å². The van der Waals surface area contributed by atoms with Gasteiger partial charge in [0.15, 0.2) is 0 Å². The fraction of sp³-hybridized carbons (Fsp3) is 0.833. The summed E-state index contributed by atoms with van der Waals surface area (Å²) in [6.07, 6.45) is 9.75. The highest BCUT2D eigenvalue weighted by molar-refractivity contribution is 4.91. The lowest BCUT2D eigenvalue weighted by Crippen LogP contribution is -2.41. The Morgan fingerprint density at radius 2 is 2.15 bits per heavy atom. The molecule has 0 heterocycles. The minimum atomic E-state index is 0.321. The van der Waals surface area contributed by atoms with Gasteiger partial charge in [-0.05, 0) is 52.0 Å². The lowest BCUT2D eigenvalue weighted by Gasteiger charge is -2.28. The van der Waals surface area contributed by atoms with Gasteiger partial charge in [-0.2, -0.15) is 0 Å². The summed E-state index contributed by atoms with van der Waals surface area (Å²) in [5.41, 5.74) is 0.321. The molecule has 0 aromatic rings. The van der Waals surface area contributed by atoms with Crippen LogP contribution < -0.4 is 5.32 Å². The van der Waals surface area contributed by atoms with Crippen molar-refractivity contribution in [2.45, 2.75) is 52.0 Å². The first-order valence-corrected chi connectivity index (χ1v) is 5.54. The van der Waals surface area contributed by atoms with Gasteiger partial charge in [-0.25, -0.2) is 0 Å². The Morgan fingerprint density at radius 1 is 1.38 bits per heavy atom. The van der Waals surface area contributed by atoms with Crippen LogP contribution in [0, 0.1) is 5.92 Å². The molecule has 1 nitrogen and oxygen atoms in total. The molecule has 0 aromatic carbocycles. The van der Waals surface area contributed by atoms with Gasteiger partial charge in [0, 0.05) is 5.54 Å². The Bertz CT molecular complexity index is 170. The Kier molecular flexibility index (Phi) is 3.98. The highest BCUT2D eigenvalue weighted by atomic mass is 14.9. The second-order valence-corrected chi connectivity index (χ2v) is 4.77. The predicted molar refractivity (Wildman–Crippen MR) is 58.9 cm³/mol. The van der Waals surface area contributed by atoms with Crippen LogP contribution in [0.2, 0.25) is 0 Å². The fourth-order valence-electron chi connectivity index (χ4n) is 1.59. The Labute approximate surface area is 82.6 Å². The Morgan fingerprint density at radius 3 is 2.69 bits per heavy atom. The average molecular weight is 181 g/mol. The summed E-state index contributed by atoms with van der Waals surface area (Å²) in [6.45, 7) is 8.00. The summed E-state index contributed by atoms with van der Waals surface area (Å²) in [7, 11) is 0. The van der Waals surface area contributed by atoms with Crippen molar-refractivity contribution in [3.8, 4) is 0 Å². The molecule has 76 valence electrons. The smallest absolute Gasteiger partial charge is 0.0122 e. The van der Waals surface area contributed by atoms with Gasteiger partial charge >= 0.3 is 0 Å². The van der Waals surface area contributed by atoms with Crippen molar-refractivity contribution in [3.05, 3.63) is 12.2 Å². The summed E-state index contributed by atoms with van der Waals surface area (Å²) in [6, 6.07) is 0. The average Bonchev–Trinajstić information content (AvgIpc) is 2.17. The zero-order valence-electron chi connectivity index (χ0n) is 9.27. The van der Waals surface area contributed by atoms with Gasteiger partial charge in [0.2, 0.25) is 0 Å². The first kappa shape index (κ1) is 10.8. The number of allylic oxidation sites excluding steroid dienone is 2. The maximum atomic E-state index is 3.64. The molecule has 1 aliphatic carbocycles. The first-order chi connectivity index (χ1) is 6.14. The van der Waals surface area contributed by atoms with E-state index in [0.29, 0.717) is 5.54 Å². The minimum absolute atomic E-state index is 0.321. The lowest BCUT2D eigenvalue weighted by atomic mass is 9.92. The number of rotatable bonds is 4. The molecule has 0 spiro atoms. The van der Waals surface area contributed by atoms with E-state index in [9.17, 15) is 0 Å². The van der Waals surface area contributed by atoms with E-state index in [-0.39, 0.29) is 0 Å². The van der Waals surface area contributed by atoms with Crippen LogP contribution in [-0.2, 0) is 0 Å². The summed E-state index contributed by atoms with van der Waals surface area (Å²) < 4.78 is 0. The number of hydrogen-bond acceptors (Lipinski definition) is 1. The molecule has 0 saturated carbocycles. The van der Waals surface area contributed by atoms with Crippen molar-refractivity contribution in [1.82, 2.24) is 5.32 Å². The van der Waals surface area contributed by atoms with Crippen LogP contribution in [0.3, 0.4) is 0 Å². The highest BCUT2D eigenvalue weighted by Crippen LogP contribution is 2.18. The van der Waals surface area contributed by atoms with Gasteiger partial charge in [0.05, 0.1) is 0 Å². The van der Waals surface area contributed by atoms with E-state index in [0.717, 1.165) is 5.92 Å². The van der Waals surface area contributed by atoms with Crippen LogP contribution in [0.4, 0.5) is 0 Å². The van der Waals surface area contributed by atoms with Crippen molar-refractivity contribution >= 4 is 0 Å². The SMILES string of the molecule is CCC(C)(C)NC[C@@H]1CC=CCC1. The van der Waals surface area contributed by atoms with E-state index in [1.807, 2.05) is 0 Å². The molecule has 0 bridgehead atoms. The van der Waals surface area contributed by atoms with E-state index in [2.05, 4.69) is 38.2 Å². The van der Waals surface area contributed by atoms with E-state index in [4.69, 9.17) is 0 Å². The highest BCUT2D eigenvalue weighted by Gasteiger charge is 2.16. The Hall–Kier alpha value is -0.300. The molecular formula is C12H23N. The van der Waals surface area contributed by atoms with Crippen LogP contribution in [0.5, 0.6) is 0 Å². The van der Waals surface area contributed by atoms with Crippen LogP contribution in [0.1, 0.15) is 46.5 Å². The van der Waals surface area contributed by atoms with Crippen LogP contribution in [0.15, 0.2) is 12.2 Å². The molecule has 1 heteroatoms. The first-order valence-electron chi connectivity index (χ1n) is 5.54. The van der Waals surface area contributed by atoms with Crippen molar-refractivity contribution in [3.63, 3.8) is 0 Å². The molecule has 1 N–H and O–H groups in total. The number of nitrogens with one attached hydrogen (secondary N) is 1. The van der Waals surface area contributed by atoms with Crippen LogP contribution >= 0.6 is 0 Å². The van der Waals surface area contributed by atoms with Gasteiger partial charge in [-0.15, -0.1) is 0 Å². The molecule has 0 aromatic heterocycles. The van der Waals surface area contributed by atoms with Gasteiger partial charge in [-0.1, -0.05) is 19.1 Å². The van der Waals surface area contributed by atoms with Crippen molar-refractivity contribution in [1.29, 1.82) is 0 Å². The predicted octanol–water partition coefficient (Wildman–Crippen LogP) is 3.12. The molecule has 1 rings (SSSR count). The van der Waals surface area contributed by atoms with E-state index in [1.54, 1.807) is 0 Å². The van der Waals surface area contributed by atoms with E-state index in [1.165, 1.54) is 32.2 Å². The number of hydrogen-bond donors (Lipinski definition) is 1. The molecule has 0 unspecified atom stereocenters. The lowest BCUT2D eigenvalue weighted by molar-refractivity contribution is 0.327. The third-order valence-corrected chi connectivity index (χ3v) is 3.13. The zero-order chi connectivity index (χ0) is 9.73. The minimum Gasteiger partial charge on any atom is -0.312 e. The van der Waals surface area contributed by atoms with Gasteiger partial charge < -0.3 is 5.32 Å². The molecule has 13 heavy (non-hydrogen) atoms. The van der Waals surface area contributed by atoms with Crippen molar-refractivity contribution < 1.29 is 0 Å². The van der Waals surface area contributed by atoms with Crippen LogP contribution in [-0.4, -0.2) is 12.1 Å². The Balaban J connectivity index is 2.22. The standard InChI is InChI=1S/C12H23N/c1-4-12(2,3)13-10-11-8-6-5-7-9-11/h5-6,11,13H,4,7-10H2,1-3H3/t11-/m1/s1. The van der Waals surface area contributed by atoms with Crippen LogP contribution in [0.25, 0.3) is 0 Å². The van der Waals surface area contributed by atoms with E-state index >= 15 is 0 Å². The fourth-order valence-corrected chi connectivity index (χ4v) is 1.59. The molecule has 1 atom stereocenters. The topological polar surface area (TPSA) is 12.0 Å². The van der Waals surface area contributed by atoms with E-state index < -0.39 is 0 Å². The molecule has 0 radical (unpaired) electrons. The second-order valence-electron chi connectivity index (χ2n) is 4.77. The van der Waals surface area contributed by atoms with Gasteiger partial charge in [-0.3, -0.25) is 0 Å². The monoisotopic (exact) mass is 181 g/mol. The maximum absolute atomic E-state index is 3.64. The third-order valence-electron chi connectivity index (χ3n) is 3.13. The van der Waals surface area contributed by atoms with Gasteiger partial charge in [0.1, 0.15) is 0 Å². The summed E-state index contributed by atoms with van der Waals surface area (Å²) in [4.78, 5) is 0. The molecule has 0 aliphatic heterocycles. The normalized spacial score (nSPS) is 23.5.